The van der Waals surface area contributed by atoms with Gasteiger partial charge in [-0.2, -0.15) is 0 Å². The van der Waals surface area contributed by atoms with Crippen LogP contribution in [0.3, 0.4) is 0 Å². The minimum absolute atomic E-state index is 0.0722. The van der Waals surface area contributed by atoms with Crippen LogP contribution in [0, 0.1) is 5.92 Å². The fourth-order valence-electron chi connectivity index (χ4n) is 3.72. The molecule has 2 amide bonds. The number of nitrogens with one attached hydrogen (secondary N) is 1. The summed E-state index contributed by atoms with van der Waals surface area (Å²) >= 11 is 0. The van der Waals surface area contributed by atoms with Crippen LogP contribution in [0.25, 0.3) is 0 Å². The molecule has 0 radical (unpaired) electrons. The molecule has 0 saturated carbocycles. The Morgan fingerprint density at radius 1 is 1.13 bits per heavy atom. The van der Waals surface area contributed by atoms with Crippen LogP contribution in [0.15, 0.2) is 42.5 Å². The maximum Gasteiger partial charge on any atom is 0.227 e. The Hall–Kier alpha value is -3.06. The molecule has 0 aliphatic carbocycles. The number of carbonyl (C=O) groups is 2. The van der Waals surface area contributed by atoms with Crippen LogP contribution in [0.2, 0.25) is 0 Å². The van der Waals surface area contributed by atoms with E-state index in [1.165, 1.54) is 5.56 Å². The Bertz CT molecular complexity index is 931. The zero-order valence-corrected chi connectivity index (χ0v) is 18.7. The van der Waals surface area contributed by atoms with Crippen molar-refractivity contribution in [2.45, 2.75) is 26.4 Å². The van der Waals surface area contributed by atoms with Gasteiger partial charge in [0, 0.05) is 37.8 Å². The molecule has 1 aliphatic heterocycles. The van der Waals surface area contributed by atoms with Crippen molar-refractivity contribution in [3.63, 3.8) is 0 Å². The highest BCUT2D eigenvalue weighted by Gasteiger charge is 2.35. The van der Waals surface area contributed by atoms with E-state index < -0.39 is 0 Å². The van der Waals surface area contributed by atoms with Gasteiger partial charge in [0.05, 0.1) is 20.1 Å². The third kappa shape index (κ3) is 5.55. The van der Waals surface area contributed by atoms with E-state index in [4.69, 9.17) is 9.47 Å². The summed E-state index contributed by atoms with van der Waals surface area (Å²) in [4.78, 5) is 29.2. The van der Waals surface area contributed by atoms with Crippen molar-refractivity contribution >= 4 is 17.5 Å². The summed E-state index contributed by atoms with van der Waals surface area (Å²) in [5.41, 5.74) is 2.97. The van der Waals surface area contributed by atoms with Crippen LogP contribution in [0.1, 0.15) is 24.5 Å². The average molecular weight is 426 g/mol. The molecule has 7 nitrogen and oxygen atoms in total. The average Bonchev–Trinajstić information content (AvgIpc) is 3.18. The highest BCUT2D eigenvalue weighted by molar-refractivity contribution is 6.00. The first-order valence-electron chi connectivity index (χ1n) is 10.5. The molecule has 1 aliphatic rings. The van der Waals surface area contributed by atoms with Crippen LogP contribution in [0.4, 0.5) is 5.69 Å². The van der Waals surface area contributed by atoms with E-state index in [-0.39, 0.29) is 24.2 Å². The van der Waals surface area contributed by atoms with E-state index in [1.807, 2.05) is 12.1 Å². The number of methoxy groups -OCH3 is 2. The number of benzene rings is 2. The molecule has 2 aromatic carbocycles. The summed E-state index contributed by atoms with van der Waals surface area (Å²) in [6.07, 6.45) is 0.196. The Morgan fingerprint density at radius 3 is 2.58 bits per heavy atom. The van der Waals surface area contributed by atoms with Gasteiger partial charge in [-0.05, 0) is 36.9 Å². The second-order valence-corrected chi connectivity index (χ2v) is 7.81. The highest BCUT2D eigenvalue weighted by atomic mass is 16.5. The highest BCUT2D eigenvalue weighted by Crippen LogP contribution is 2.34. The molecule has 0 spiro atoms. The Morgan fingerprint density at radius 2 is 1.87 bits per heavy atom. The minimum Gasteiger partial charge on any atom is -0.493 e. The van der Waals surface area contributed by atoms with Crippen LogP contribution < -0.4 is 19.7 Å². The SMILES string of the molecule is CCN(C)Cc1cccc(CNC(=O)C2CC(=O)N(c3ccc(OC)c(OC)c3)C2)c1. The van der Waals surface area contributed by atoms with Gasteiger partial charge in [-0.15, -0.1) is 0 Å². The lowest BCUT2D eigenvalue weighted by Crippen LogP contribution is -2.32. The molecule has 2 aromatic rings. The van der Waals surface area contributed by atoms with Crippen molar-refractivity contribution in [3.8, 4) is 11.5 Å². The predicted molar refractivity (Wildman–Crippen MR) is 120 cm³/mol. The first-order chi connectivity index (χ1) is 14.9. The molecule has 1 atom stereocenters. The molecular formula is C24H31N3O4. The van der Waals surface area contributed by atoms with E-state index in [9.17, 15) is 9.59 Å². The molecule has 1 unspecified atom stereocenters. The summed E-state index contributed by atoms with van der Waals surface area (Å²) in [6, 6.07) is 13.5. The number of hydrogen-bond acceptors (Lipinski definition) is 5. The summed E-state index contributed by atoms with van der Waals surface area (Å²) in [7, 11) is 5.20. The number of ether oxygens (including phenoxy) is 2. The fourth-order valence-corrected chi connectivity index (χ4v) is 3.72. The first kappa shape index (κ1) is 22.6. The summed E-state index contributed by atoms with van der Waals surface area (Å²) in [5, 5.41) is 2.99. The molecule has 1 fully saturated rings. The van der Waals surface area contributed by atoms with Crippen molar-refractivity contribution in [2.24, 2.45) is 5.92 Å². The monoisotopic (exact) mass is 425 g/mol. The predicted octanol–water partition coefficient (Wildman–Crippen LogP) is 2.82. The van der Waals surface area contributed by atoms with Crippen molar-refractivity contribution in [3.05, 3.63) is 53.6 Å². The Balaban J connectivity index is 1.60. The maximum absolute atomic E-state index is 12.7. The topological polar surface area (TPSA) is 71.1 Å². The van der Waals surface area contributed by atoms with Gasteiger partial charge < -0.3 is 24.6 Å². The maximum atomic E-state index is 12.7. The lowest BCUT2D eigenvalue weighted by Gasteiger charge is -2.18. The van der Waals surface area contributed by atoms with E-state index in [1.54, 1.807) is 37.3 Å². The Labute approximate surface area is 183 Å². The quantitative estimate of drug-likeness (QED) is 0.669. The second kappa shape index (κ2) is 10.3. The number of hydrogen-bond donors (Lipinski definition) is 1. The zero-order chi connectivity index (χ0) is 22.4. The summed E-state index contributed by atoms with van der Waals surface area (Å²) in [5.74, 6) is 0.591. The lowest BCUT2D eigenvalue weighted by atomic mass is 10.1. The van der Waals surface area contributed by atoms with Crippen molar-refractivity contribution in [2.75, 3.05) is 39.3 Å². The zero-order valence-electron chi connectivity index (χ0n) is 18.7. The number of carbonyl (C=O) groups excluding carboxylic acids is 2. The smallest absolute Gasteiger partial charge is 0.227 e. The van der Waals surface area contributed by atoms with Gasteiger partial charge in [-0.3, -0.25) is 9.59 Å². The number of amides is 2. The van der Waals surface area contributed by atoms with E-state index in [2.05, 4.69) is 36.3 Å². The molecule has 166 valence electrons. The van der Waals surface area contributed by atoms with Crippen molar-refractivity contribution < 1.29 is 19.1 Å². The Kier molecular flexibility index (Phi) is 7.52. The van der Waals surface area contributed by atoms with Gasteiger partial charge in [0.1, 0.15) is 0 Å². The van der Waals surface area contributed by atoms with Crippen LogP contribution in [0.5, 0.6) is 11.5 Å². The molecule has 1 N–H and O–H groups in total. The fraction of sp³-hybridized carbons (Fsp3) is 0.417. The van der Waals surface area contributed by atoms with Gasteiger partial charge in [0.15, 0.2) is 11.5 Å². The van der Waals surface area contributed by atoms with Gasteiger partial charge in [-0.1, -0.05) is 31.2 Å². The van der Waals surface area contributed by atoms with Gasteiger partial charge >= 0.3 is 0 Å². The third-order valence-electron chi connectivity index (χ3n) is 5.63. The van der Waals surface area contributed by atoms with Gasteiger partial charge in [0.2, 0.25) is 11.8 Å². The molecule has 31 heavy (non-hydrogen) atoms. The van der Waals surface area contributed by atoms with Crippen molar-refractivity contribution in [1.82, 2.24) is 10.2 Å². The standard InChI is InChI=1S/C24H31N3O4/c1-5-26(2)15-18-8-6-7-17(11-18)14-25-24(29)19-12-23(28)27(16-19)20-9-10-21(30-3)22(13-20)31-4/h6-11,13,19H,5,12,14-16H2,1-4H3,(H,25,29). The number of nitrogens with zero attached hydrogens (tertiary/aromatic N) is 2. The van der Waals surface area contributed by atoms with Crippen LogP contribution in [-0.2, 0) is 22.7 Å². The van der Waals surface area contributed by atoms with Gasteiger partial charge in [-0.25, -0.2) is 0 Å². The summed E-state index contributed by atoms with van der Waals surface area (Å²) < 4.78 is 10.6. The number of rotatable bonds is 9. The normalized spacial score (nSPS) is 16.0. The van der Waals surface area contributed by atoms with Gasteiger partial charge in [0.25, 0.3) is 0 Å². The molecule has 0 aromatic heterocycles. The van der Waals surface area contributed by atoms with Crippen molar-refractivity contribution in [1.29, 1.82) is 0 Å². The molecule has 1 saturated heterocycles. The molecule has 0 bridgehead atoms. The van der Waals surface area contributed by atoms with E-state index in [0.717, 1.165) is 18.7 Å². The first-order valence-corrected chi connectivity index (χ1v) is 10.5. The van der Waals surface area contributed by atoms with Crippen LogP contribution >= 0.6 is 0 Å². The second-order valence-electron chi connectivity index (χ2n) is 7.81. The molecular weight excluding hydrogens is 394 g/mol. The molecule has 1 heterocycles. The lowest BCUT2D eigenvalue weighted by molar-refractivity contribution is -0.126. The molecule has 7 heteroatoms. The summed E-state index contributed by atoms with van der Waals surface area (Å²) in [6.45, 7) is 4.77. The third-order valence-corrected chi connectivity index (χ3v) is 5.63. The van der Waals surface area contributed by atoms with E-state index in [0.29, 0.717) is 30.3 Å². The van der Waals surface area contributed by atoms with E-state index >= 15 is 0 Å². The number of anilines is 1. The minimum atomic E-state index is -0.380. The largest absolute Gasteiger partial charge is 0.493 e. The van der Waals surface area contributed by atoms with Crippen LogP contribution in [-0.4, -0.2) is 51.1 Å². The molecule has 3 rings (SSSR count).